The highest BCUT2D eigenvalue weighted by Crippen LogP contribution is 2.24. The molecule has 0 radical (unpaired) electrons. The Kier molecular flexibility index (Phi) is 5.33. The van der Waals surface area contributed by atoms with Crippen LogP contribution in [0.1, 0.15) is 12.5 Å². The van der Waals surface area contributed by atoms with E-state index in [0.29, 0.717) is 11.4 Å². The lowest BCUT2D eigenvalue weighted by molar-refractivity contribution is -0.274. The van der Waals surface area contributed by atoms with Gasteiger partial charge in [-0.2, -0.15) is 0 Å². The first kappa shape index (κ1) is 17.7. The molecule has 4 nitrogen and oxygen atoms in total. The van der Waals surface area contributed by atoms with Gasteiger partial charge in [0.15, 0.2) is 6.10 Å². The Labute approximate surface area is 137 Å². The standard InChI is InChI=1S/C17H16F3NO3/c1-11-5-3-4-6-15(11)23-12(2)16(22)21-13-7-9-14(10-8-13)24-17(18,19)20/h3-10,12H,1-2H3,(H,21,22)/t12-/m1/s1. The number of ether oxygens (including phenoxy) is 2. The van der Waals surface area contributed by atoms with E-state index < -0.39 is 18.4 Å². The maximum absolute atomic E-state index is 12.1. The molecule has 0 saturated heterocycles. The molecule has 0 aliphatic carbocycles. The molecule has 1 atom stereocenters. The van der Waals surface area contributed by atoms with Gasteiger partial charge >= 0.3 is 6.36 Å². The Balaban J connectivity index is 1.95. The van der Waals surface area contributed by atoms with E-state index in [1.54, 1.807) is 19.1 Å². The Hall–Kier alpha value is -2.70. The molecule has 0 aromatic heterocycles. The number of benzene rings is 2. The van der Waals surface area contributed by atoms with Crippen molar-refractivity contribution in [2.75, 3.05) is 5.32 Å². The number of anilines is 1. The van der Waals surface area contributed by atoms with Crippen LogP contribution in [0.5, 0.6) is 11.5 Å². The summed E-state index contributed by atoms with van der Waals surface area (Å²) in [6.45, 7) is 3.45. The molecule has 24 heavy (non-hydrogen) atoms. The number of amides is 1. The molecule has 0 bridgehead atoms. The number of nitrogens with one attached hydrogen (secondary N) is 1. The number of aryl methyl sites for hydroxylation is 1. The number of carbonyl (C=O) groups excluding carboxylic acids is 1. The van der Waals surface area contributed by atoms with Gasteiger partial charge in [0.2, 0.25) is 0 Å². The quantitative estimate of drug-likeness (QED) is 0.883. The van der Waals surface area contributed by atoms with Crippen LogP contribution >= 0.6 is 0 Å². The predicted molar refractivity (Wildman–Crippen MR) is 83.0 cm³/mol. The normalized spacial score (nSPS) is 12.4. The fourth-order valence-electron chi connectivity index (χ4n) is 1.92. The van der Waals surface area contributed by atoms with Crippen LogP contribution in [0.3, 0.4) is 0 Å². The van der Waals surface area contributed by atoms with Gasteiger partial charge in [0, 0.05) is 5.69 Å². The van der Waals surface area contributed by atoms with Crippen LogP contribution in [0.2, 0.25) is 0 Å². The van der Waals surface area contributed by atoms with Crippen molar-refractivity contribution >= 4 is 11.6 Å². The van der Waals surface area contributed by atoms with Gasteiger partial charge in [0.05, 0.1) is 0 Å². The van der Waals surface area contributed by atoms with Crippen molar-refractivity contribution in [3.05, 3.63) is 54.1 Å². The van der Waals surface area contributed by atoms with Gasteiger partial charge < -0.3 is 14.8 Å². The summed E-state index contributed by atoms with van der Waals surface area (Å²) in [7, 11) is 0. The molecule has 0 fully saturated rings. The molecule has 1 N–H and O–H groups in total. The smallest absolute Gasteiger partial charge is 0.481 e. The maximum Gasteiger partial charge on any atom is 0.573 e. The second kappa shape index (κ2) is 7.25. The first-order chi connectivity index (χ1) is 11.2. The van der Waals surface area contributed by atoms with Crippen molar-refractivity contribution in [2.24, 2.45) is 0 Å². The molecule has 1 amide bonds. The monoisotopic (exact) mass is 339 g/mol. The third-order valence-electron chi connectivity index (χ3n) is 3.12. The highest BCUT2D eigenvalue weighted by atomic mass is 19.4. The van der Waals surface area contributed by atoms with Gasteiger partial charge in [-0.15, -0.1) is 13.2 Å². The van der Waals surface area contributed by atoms with Crippen LogP contribution in [0, 0.1) is 6.92 Å². The molecule has 0 aliphatic rings. The minimum atomic E-state index is -4.75. The lowest BCUT2D eigenvalue weighted by atomic mass is 10.2. The Morgan fingerprint density at radius 2 is 1.71 bits per heavy atom. The third-order valence-corrected chi connectivity index (χ3v) is 3.12. The van der Waals surface area contributed by atoms with E-state index in [4.69, 9.17) is 4.74 Å². The topological polar surface area (TPSA) is 47.6 Å². The second-order valence-corrected chi connectivity index (χ2v) is 5.09. The van der Waals surface area contributed by atoms with E-state index in [9.17, 15) is 18.0 Å². The fourth-order valence-corrected chi connectivity index (χ4v) is 1.92. The van der Waals surface area contributed by atoms with E-state index in [1.165, 1.54) is 12.1 Å². The molecule has 0 spiro atoms. The van der Waals surface area contributed by atoms with Gasteiger partial charge in [0.1, 0.15) is 11.5 Å². The van der Waals surface area contributed by atoms with Crippen LogP contribution in [-0.2, 0) is 4.79 Å². The molecule has 0 heterocycles. The Bertz CT molecular complexity index is 699. The first-order valence-corrected chi connectivity index (χ1v) is 7.13. The lowest BCUT2D eigenvalue weighted by Crippen LogP contribution is -2.30. The summed E-state index contributed by atoms with van der Waals surface area (Å²) >= 11 is 0. The average Bonchev–Trinajstić information content (AvgIpc) is 2.50. The van der Waals surface area contributed by atoms with Gasteiger partial charge in [0.25, 0.3) is 5.91 Å². The zero-order valence-electron chi connectivity index (χ0n) is 13.1. The zero-order valence-corrected chi connectivity index (χ0v) is 13.1. The van der Waals surface area contributed by atoms with E-state index in [1.807, 2.05) is 19.1 Å². The molecule has 128 valence electrons. The molecule has 2 aromatic rings. The van der Waals surface area contributed by atoms with Crippen LogP contribution < -0.4 is 14.8 Å². The van der Waals surface area contributed by atoms with Gasteiger partial charge in [-0.05, 0) is 49.7 Å². The van der Waals surface area contributed by atoms with Crippen molar-refractivity contribution in [3.8, 4) is 11.5 Å². The van der Waals surface area contributed by atoms with Crippen LogP contribution in [0.25, 0.3) is 0 Å². The van der Waals surface area contributed by atoms with Gasteiger partial charge in [-0.1, -0.05) is 18.2 Å². The minimum Gasteiger partial charge on any atom is -0.481 e. The number of carbonyl (C=O) groups is 1. The summed E-state index contributed by atoms with van der Waals surface area (Å²) in [4.78, 5) is 12.1. The van der Waals surface area contributed by atoms with E-state index in [0.717, 1.165) is 17.7 Å². The summed E-state index contributed by atoms with van der Waals surface area (Å²) in [6.07, 6.45) is -5.52. The van der Waals surface area contributed by atoms with Crippen LogP contribution in [-0.4, -0.2) is 18.4 Å². The summed E-state index contributed by atoms with van der Waals surface area (Å²) in [5.41, 5.74) is 1.24. The summed E-state index contributed by atoms with van der Waals surface area (Å²) in [5, 5.41) is 2.57. The summed E-state index contributed by atoms with van der Waals surface area (Å²) in [6, 6.07) is 12.1. The molecule has 0 saturated carbocycles. The van der Waals surface area contributed by atoms with Crippen molar-refractivity contribution in [3.63, 3.8) is 0 Å². The highest BCUT2D eigenvalue weighted by molar-refractivity contribution is 5.94. The molecule has 0 aliphatic heterocycles. The van der Waals surface area contributed by atoms with Crippen LogP contribution in [0.4, 0.5) is 18.9 Å². The molecule has 7 heteroatoms. The van der Waals surface area contributed by atoms with Crippen molar-refractivity contribution < 1.29 is 27.4 Å². The Morgan fingerprint density at radius 1 is 1.08 bits per heavy atom. The summed E-state index contributed by atoms with van der Waals surface area (Å²) in [5.74, 6) is -0.179. The highest BCUT2D eigenvalue weighted by Gasteiger charge is 2.31. The number of rotatable bonds is 5. The van der Waals surface area contributed by atoms with Crippen molar-refractivity contribution in [1.82, 2.24) is 0 Å². The predicted octanol–water partition coefficient (Wildman–Crippen LogP) is 4.30. The molecular formula is C17H16F3NO3. The van der Waals surface area contributed by atoms with Crippen molar-refractivity contribution in [2.45, 2.75) is 26.3 Å². The third kappa shape index (κ3) is 5.19. The van der Waals surface area contributed by atoms with E-state index in [-0.39, 0.29) is 5.75 Å². The second-order valence-electron chi connectivity index (χ2n) is 5.09. The summed E-state index contributed by atoms with van der Waals surface area (Å²) < 4.78 is 45.6. The number of halogens is 3. The van der Waals surface area contributed by atoms with E-state index >= 15 is 0 Å². The number of para-hydroxylation sites is 1. The van der Waals surface area contributed by atoms with Gasteiger partial charge in [-0.25, -0.2) is 0 Å². The Morgan fingerprint density at radius 3 is 2.29 bits per heavy atom. The molecule has 2 rings (SSSR count). The molecule has 2 aromatic carbocycles. The number of hydrogen-bond donors (Lipinski definition) is 1. The van der Waals surface area contributed by atoms with Crippen LogP contribution in [0.15, 0.2) is 48.5 Å². The minimum absolute atomic E-state index is 0.342. The molecular weight excluding hydrogens is 323 g/mol. The first-order valence-electron chi connectivity index (χ1n) is 7.13. The average molecular weight is 339 g/mol. The SMILES string of the molecule is Cc1ccccc1O[C@H](C)C(=O)Nc1ccc(OC(F)(F)F)cc1. The number of hydrogen-bond acceptors (Lipinski definition) is 3. The molecule has 0 unspecified atom stereocenters. The van der Waals surface area contributed by atoms with Gasteiger partial charge in [-0.3, -0.25) is 4.79 Å². The fraction of sp³-hybridized carbons (Fsp3) is 0.235. The number of alkyl halides is 3. The van der Waals surface area contributed by atoms with E-state index in [2.05, 4.69) is 10.1 Å². The zero-order chi connectivity index (χ0) is 17.7. The largest absolute Gasteiger partial charge is 0.573 e. The maximum atomic E-state index is 12.1. The lowest BCUT2D eigenvalue weighted by Gasteiger charge is -2.16. The van der Waals surface area contributed by atoms with Crippen molar-refractivity contribution in [1.29, 1.82) is 0 Å².